The first-order valence-corrected chi connectivity index (χ1v) is 6.23. The molecule has 1 fully saturated rings. The lowest BCUT2D eigenvalue weighted by molar-refractivity contribution is 0.131. The van der Waals surface area contributed by atoms with Crippen LogP contribution >= 0.6 is 15.9 Å². The van der Waals surface area contributed by atoms with Crippen molar-refractivity contribution >= 4 is 15.9 Å². The molecule has 15 heavy (non-hydrogen) atoms. The zero-order valence-electron chi connectivity index (χ0n) is 8.66. The second-order valence-corrected chi connectivity index (χ2v) is 4.89. The van der Waals surface area contributed by atoms with Crippen LogP contribution in [0.25, 0.3) is 0 Å². The molecule has 0 aliphatic heterocycles. The van der Waals surface area contributed by atoms with Gasteiger partial charge in [0.05, 0.1) is 4.47 Å². The summed E-state index contributed by atoms with van der Waals surface area (Å²) in [6, 6.07) is 8.12. The summed E-state index contributed by atoms with van der Waals surface area (Å²) in [6.45, 7) is 0. The molecule has 0 amide bonds. The average Bonchev–Trinajstić information content (AvgIpc) is 2.24. The number of ether oxygens (including phenoxy) is 1. The van der Waals surface area contributed by atoms with Crippen molar-refractivity contribution < 1.29 is 4.74 Å². The molecular weight excluding hydrogens is 254 g/mol. The number of nitrogens with two attached hydrogens (primary N) is 1. The summed E-state index contributed by atoms with van der Waals surface area (Å²) in [4.78, 5) is 0. The summed E-state index contributed by atoms with van der Waals surface area (Å²) in [5, 5.41) is 0. The van der Waals surface area contributed by atoms with Gasteiger partial charge in [-0.05, 0) is 47.3 Å². The van der Waals surface area contributed by atoms with Gasteiger partial charge in [-0.3, -0.25) is 0 Å². The summed E-state index contributed by atoms with van der Waals surface area (Å²) in [5.74, 6) is 0.903. The van der Waals surface area contributed by atoms with Gasteiger partial charge in [0.2, 0.25) is 0 Å². The van der Waals surface area contributed by atoms with Gasteiger partial charge < -0.3 is 10.5 Å². The highest BCUT2D eigenvalue weighted by Gasteiger charge is 2.23. The van der Waals surface area contributed by atoms with Crippen LogP contribution in [0.4, 0.5) is 0 Å². The highest BCUT2D eigenvalue weighted by atomic mass is 79.9. The Hall–Kier alpha value is -0.540. The number of hydrogen-bond donors (Lipinski definition) is 1. The number of hydrogen-bond acceptors (Lipinski definition) is 2. The van der Waals surface area contributed by atoms with Gasteiger partial charge in [0, 0.05) is 6.04 Å². The molecule has 1 aliphatic carbocycles. The maximum absolute atomic E-state index is 6.04. The summed E-state index contributed by atoms with van der Waals surface area (Å²) < 4.78 is 6.93. The van der Waals surface area contributed by atoms with E-state index in [4.69, 9.17) is 10.5 Å². The Morgan fingerprint density at radius 2 is 1.93 bits per heavy atom. The first-order valence-electron chi connectivity index (χ1n) is 5.44. The van der Waals surface area contributed by atoms with Crippen LogP contribution in [0, 0.1) is 0 Å². The molecule has 3 heteroatoms. The third-order valence-electron chi connectivity index (χ3n) is 2.87. The van der Waals surface area contributed by atoms with Gasteiger partial charge in [-0.2, -0.15) is 0 Å². The Balaban J connectivity index is 2.04. The number of halogens is 1. The van der Waals surface area contributed by atoms with Gasteiger partial charge >= 0.3 is 0 Å². The molecule has 1 aromatic rings. The van der Waals surface area contributed by atoms with Crippen LogP contribution < -0.4 is 10.5 Å². The van der Waals surface area contributed by atoms with Crippen molar-refractivity contribution in [3.05, 3.63) is 28.7 Å². The first-order chi connectivity index (χ1) is 7.27. The van der Waals surface area contributed by atoms with Crippen LogP contribution in [0.1, 0.15) is 25.7 Å². The van der Waals surface area contributed by atoms with Gasteiger partial charge in [0.1, 0.15) is 11.9 Å². The number of para-hydroxylation sites is 1. The van der Waals surface area contributed by atoms with Crippen molar-refractivity contribution in [2.45, 2.75) is 37.8 Å². The largest absolute Gasteiger partial charge is 0.488 e. The van der Waals surface area contributed by atoms with E-state index in [-0.39, 0.29) is 12.1 Å². The smallest absolute Gasteiger partial charge is 0.133 e. The maximum atomic E-state index is 6.04. The third kappa shape index (κ3) is 2.73. The van der Waals surface area contributed by atoms with E-state index in [0.29, 0.717) is 0 Å². The van der Waals surface area contributed by atoms with E-state index in [0.717, 1.165) is 23.1 Å². The van der Waals surface area contributed by atoms with E-state index in [2.05, 4.69) is 15.9 Å². The van der Waals surface area contributed by atoms with Crippen molar-refractivity contribution in [1.82, 2.24) is 0 Å². The standard InChI is InChI=1S/C12H16BrNO/c13-9-5-1-3-7-11(9)15-12-8-4-2-6-10(12)14/h1,3,5,7,10,12H,2,4,6,8,14H2. The molecule has 0 heterocycles. The molecule has 1 aromatic carbocycles. The molecule has 2 atom stereocenters. The Kier molecular flexibility index (Phi) is 3.65. The van der Waals surface area contributed by atoms with E-state index >= 15 is 0 Å². The highest BCUT2D eigenvalue weighted by molar-refractivity contribution is 9.10. The van der Waals surface area contributed by atoms with Crippen LogP contribution in [-0.4, -0.2) is 12.1 Å². The molecule has 82 valence electrons. The van der Waals surface area contributed by atoms with Crippen LogP contribution in [0.5, 0.6) is 5.75 Å². The van der Waals surface area contributed by atoms with E-state index < -0.39 is 0 Å². The molecule has 0 aromatic heterocycles. The van der Waals surface area contributed by atoms with E-state index in [1.165, 1.54) is 12.8 Å². The Morgan fingerprint density at radius 1 is 1.20 bits per heavy atom. The third-order valence-corrected chi connectivity index (χ3v) is 3.52. The van der Waals surface area contributed by atoms with Gasteiger partial charge in [0.15, 0.2) is 0 Å². The topological polar surface area (TPSA) is 35.2 Å². The number of rotatable bonds is 2. The molecule has 0 radical (unpaired) electrons. The van der Waals surface area contributed by atoms with Gasteiger partial charge in [-0.1, -0.05) is 18.6 Å². The lowest BCUT2D eigenvalue weighted by atomic mass is 9.93. The van der Waals surface area contributed by atoms with Gasteiger partial charge in [-0.15, -0.1) is 0 Å². The minimum absolute atomic E-state index is 0.178. The molecule has 0 saturated heterocycles. The predicted octanol–water partition coefficient (Wildman–Crippen LogP) is 3.10. The fourth-order valence-electron chi connectivity index (χ4n) is 1.98. The Labute approximate surface area is 98.9 Å². The average molecular weight is 270 g/mol. The molecule has 2 rings (SSSR count). The predicted molar refractivity (Wildman–Crippen MR) is 65.0 cm³/mol. The summed E-state index contributed by atoms with van der Waals surface area (Å²) in [6.07, 6.45) is 4.79. The van der Waals surface area contributed by atoms with Crippen LogP contribution in [0.2, 0.25) is 0 Å². The van der Waals surface area contributed by atoms with Crippen LogP contribution in [0.15, 0.2) is 28.7 Å². The normalized spacial score (nSPS) is 26.3. The van der Waals surface area contributed by atoms with Crippen molar-refractivity contribution in [3.63, 3.8) is 0 Å². The molecule has 2 N–H and O–H groups in total. The minimum Gasteiger partial charge on any atom is -0.488 e. The van der Waals surface area contributed by atoms with Gasteiger partial charge in [-0.25, -0.2) is 0 Å². The molecule has 1 saturated carbocycles. The van der Waals surface area contributed by atoms with Crippen LogP contribution in [-0.2, 0) is 0 Å². The van der Waals surface area contributed by atoms with E-state index in [1.54, 1.807) is 0 Å². The molecule has 0 bridgehead atoms. The lowest BCUT2D eigenvalue weighted by Crippen LogP contribution is -2.41. The zero-order valence-corrected chi connectivity index (χ0v) is 10.2. The van der Waals surface area contributed by atoms with Crippen LogP contribution in [0.3, 0.4) is 0 Å². The number of benzene rings is 1. The lowest BCUT2D eigenvalue weighted by Gasteiger charge is -2.29. The van der Waals surface area contributed by atoms with E-state index in [9.17, 15) is 0 Å². The fourth-order valence-corrected chi connectivity index (χ4v) is 2.35. The molecule has 0 spiro atoms. The summed E-state index contributed by atoms with van der Waals surface area (Å²) in [5.41, 5.74) is 6.04. The first kappa shape index (κ1) is 11.0. The zero-order chi connectivity index (χ0) is 10.7. The molecule has 1 aliphatic rings. The monoisotopic (exact) mass is 269 g/mol. The highest BCUT2D eigenvalue weighted by Crippen LogP contribution is 2.28. The second-order valence-electron chi connectivity index (χ2n) is 4.04. The minimum atomic E-state index is 0.178. The van der Waals surface area contributed by atoms with Crippen molar-refractivity contribution in [1.29, 1.82) is 0 Å². The molecular formula is C12H16BrNO. The quantitative estimate of drug-likeness (QED) is 0.896. The second kappa shape index (κ2) is 4.99. The summed E-state index contributed by atoms with van der Waals surface area (Å²) in [7, 11) is 0. The van der Waals surface area contributed by atoms with Crippen molar-refractivity contribution in [2.24, 2.45) is 5.73 Å². The Morgan fingerprint density at radius 3 is 2.67 bits per heavy atom. The van der Waals surface area contributed by atoms with Crippen molar-refractivity contribution in [2.75, 3.05) is 0 Å². The fraction of sp³-hybridized carbons (Fsp3) is 0.500. The van der Waals surface area contributed by atoms with Crippen molar-refractivity contribution in [3.8, 4) is 5.75 Å². The molecule has 2 unspecified atom stereocenters. The Bertz CT molecular complexity index is 329. The van der Waals surface area contributed by atoms with Gasteiger partial charge in [0.25, 0.3) is 0 Å². The molecule has 2 nitrogen and oxygen atoms in total. The SMILES string of the molecule is NC1CCCCC1Oc1ccccc1Br. The maximum Gasteiger partial charge on any atom is 0.133 e. The van der Waals surface area contributed by atoms with E-state index in [1.807, 2.05) is 24.3 Å². The summed E-state index contributed by atoms with van der Waals surface area (Å²) >= 11 is 3.48.